The summed E-state index contributed by atoms with van der Waals surface area (Å²) >= 11 is 0. The molecule has 1 atom stereocenters. The van der Waals surface area contributed by atoms with Gasteiger partial charge in [0.05, 0.1) is 5.52 Å². The lowest BCUT2D eigenvalue weighted by molar-refractivity contribution is 0.475. The van der Waals surface area contributed by atoms with E-state index in [1.54, 1.807) is 5.56 Å². The summed E-state index contributed by atoms with van der Waals surface area (Å²) in [6.45, 7) is 3.67. The van der Waals surface area contributed by atoms with Crippen LogP contribution in [0.5, 0.6) is 0 Å². The van der Waals surface area contributed by atoms with Gasteiger partial charge in [-0.2, -0.15) is 0 Å². The second-order valence-corrected chi connectivity index (χ2v) is 6.99. The first-order valence-electron chi connectivity index (χ1n) is 8.52. The normalized spacial score (nSPS) is 25.0. The Hall–Kier alpha value is -1.48. The fourth-order valence-corrected chi connectivity index (χ4v) is 4.71. The maximum absolute atomic E-state index is 3.79. The Morgan fingerprint density at radius 2 is 2.05 bits per heavy atom. The lowest BCUT2D eigenvalue weighted by Crippen LogP contribution is -2.38. The third kappa shape index (κ3) is 1.76. The average Bonchev–Trinajstić information content (AvgIpc) is 3.17. The summed E-state index contributed by atoms with van der Waals surface area (Å²) in [6, 6.07) is 7.59. The van der Waals surface area contributed by atoms with Gasteiger partial charge in [0.2, 0.25) is 0 Å². The van der Waals surface area contributed by atoms with Gasteiger partial charge in [-0.05, 0) is 50.1 Å². The van der Waals surface area contributed by atoms with Crippen LogP contribution < -0.4 is 10.2 Å². The van der Waals surface area contributed by atoms with Crippen LogP contribution in [0.15, 0.2) is 18.2 Å². The molecule has 110 valence electrons. The first-order valence-corrected chi connectivity index (χ1v) is 8.52. The lowest BCUT2D eigenvalue weighted by Gasteiger charge is -2.40. The van der Waals surface area contributed by atoms with Gasteiger partial charge in [-0.25, -0.2) is 0 Å². The molecule has 5 heterocycles. The third-order valence-electron chi connectivity index (χ3n) is 5.79. The number of rotatable bonds is 2. The zero-order valence-electron chi connectivity index (χ0n) is 12.5. The van der Waals surface area contributed by atoms with Crippen LogP contribution in [0.2, 0.25) is 0 Å². The Balaban J connectivity index is 1.63. The molecule has 0 aliphatic carbocycles. The molecule has 2 aromatic rings. The Morgan fingerprint density at radius 3 is 2.86 bits per heavy atom. The van der Waals surface area contributed by atoms with Crippen molar-refractivity contribution >= 4 is 16.7 Å². The Kier molecular flexibility index (Phi) is 2.60. The number of piperidine rings is 1. The van der Waals surface area contributed by atoms with Gasteiger partial charge in [0.25, 0.3) is 0 Å². The van der Waals surface area contributed by atoms with Gasteiger partial charge in [0, 0.05) is 30.1 Å². The zero-order valence-corrected chi connectivity index (χ0v) is 12.5. The first-order chi connectivity index (χ1) is 10.4. The van der Waals surface area contributed by atoms with Gasteiger partial charge in [0.15, 0.2) is 0 Å². The lowest BCUT2D eigenvalue weighted by atomic mass is 9.84. The van der Waals surface area contributed by atoms with E-state index < -0.39 is 0 Å². The largest absolute Gasteiger partial charge is 0.358 e. The fraction of sp³-hybridized carbons (Fsp3) is 0.556. The standard InChI is InChI=1S/C18H23N3/c1-3-13(11-14-4-2-8-19-14)17-15(5-1)16-12-6-9-21(10-7-12)18(16)20-17/h1,3,5,12,14,19-20H,2,4,6-11H2. The summed E-state index contributed by atoms with van der Waals surface area (Å²) in [5.74, 6) is 2.22. The number of benzene rings is 1. The van der Waals surface area contributed by atoms with Crippen molar-refractivity contribution in [2.75, 3.05) is 24.5 Å². The Morgan fingerprint density at radius 1 is 1.14 bits per heavy atom. The molecule has 4 aliphatic heterocycles. The van der Waals surface area contributed by atoms with Crippen LogP contribution in [-0.2, 0) is 6.42 Å². The second kappa shape index (κ2) is 4.51. The van der Waals surface area contributed by atoms with Crippen LogP contribution in [-0.4, -0.2) is 30.7 Å². The van der Waals surface area contributed by atoms with Crippen molar-refractivity contribution in [1.29, 1.82) is 0 Å². The highest BCUT2D eigenvalue weighted by Gasteiger charge is 2.34. The molecule has 0 saturated carbocycles. The quantitative estimate of drug-likeness (QED) is 0.886. The van der Waals surface area contributed by atoms with E-state index in [0.29, 0.717) is 6.04 Å². The van der Waals surface area contributed by atoms with E-state index >= 15 is 0 Å². The molecule has 4 aliphatic rings. The molecule has 2 fully saturated rings. The van der Waals surface area contributed by atoms with E-state index in [4.69, 9.17) is 0 Å². The summed E-state index contributed by atoms with van der Waals surface area (Å²) < 4.78 is 0. The fourth-order valence-electron chi connectivity index (χ4n) is 4.71. The van der Waals surface area contributed by atoms with E-state index in [1.807, 2.05) is 0 Å². The second-order valence-electron chi connectivity index (χ2n) is 6.99. The number of hydrogen-bond acceptors (Lipinski definition) is 2. The van der Waals surface area contributed by atoms with Gasteiger partial charge in [-0.3, -0.25) is 0 Å². The van der Waals surface area contributed by atoms with E-state index in [1.165, 1.54) is 74.0 Å². The smallest absolute Gasteiger partial charge is 0.110 e. The molecule has 6 rings (SSSR count). The summed E-state index contributed by atoms with van der Waals surface area (Å²) in [6.07, 6.45) is 6.51. The molecule has 0 amide bonds. The number of aromatic amines is 1. The summed E-state index contributed by atoms with van der Waals surface area (Å²) in [5.41, 5.74) is 4.53. The van der Waals surface area contributed by atoms with E-state index in [9.17, 15) is 0 Å². The van der Waals surface area contributed by atoms with Crippen LogP contribution in [0.25, 0.3) is 10.9 Å². The highest BCUT2D eigenvalue weighted by molar-refractivity contribution is 5.93. The molecule has 1 unspecified atom stereocenters. The average molecular weight is 281 g/mol. The van der Waals surface area contributed by atoms with Crippen molar-refractivity contribution in [2.45, 2.75) is 44.1 Å². The molecule has 1 aromatic heterocycles. The molecule has 2 bridgehead atoms. The van der Waals surface area contributed by atoms with Gasteiger partial charge in [0.1, 0.15) is 5.82 Å². The molecule has 1 aromatic carbocycles. The number of nitrogens with one attached hydrogen (secondary N) is 2. The number of H-pyrrole nitrogens is 1. The van der Waals surface area contributed by atoms with Crippen LogP contribution in [0.1, 0.15) is 42.7 Å². The van der Waals surface area contributed by atoms with E-state index in [-0.39, 0.29) is 0 Å². The number of fused-ring (bicyclic) bond motifs is 3. The first kappa shape index (κ1) is 12.1. The minimum absolute atomic E-state index is 0.674. The molecule has 3 heteroatoms. The van der Waals surface area contributed by atoms with Gasteiger partial charge in [-0.1, -0.05) is 18.2 Å². The monoisotopic (exact) mass is 281 g/mol. The highest BCUT2D eigenvalue weighted by Crippen LogP contribution is 2.46. The number of nitrogens with zero attached hydrogens (tertiary/aromatic N) is 1. The van der Waals surface area contributed by atoms with Crippen molar-refractivity contribution < 1.29 is 0 Å². The molecular weight excluding hydrogens is 258 g/mol. The molecule has 3 nitrogen and oxygen atoms in total. The van der Waals surface area contributed by atoms with Crippen LogP contribution in [0.3, 0.4) is 0 Å². The number of para-hydroxylation sites is 1. The Labute approximate surface area is 125 Å². The number of aromatic nitrogens is 1. The zero-order chi connectivity index (χ0) is 13.8. The van der Waals surface area contributed by atoms with Crippen molar-refractivity contribution in [3.8, 4) is 0 Å². The van der Waals surface area contributed by atoms with Gasteiger partial charge < -0.3 is 15.2 Å². The summed E-state index contributed by atoms with van der Waals surface area (Å²) in [7, 11) is 0. The number of anilines is 1. The summed E-state index contributed by atoms with van der Waals surface area (Å²) in [5, 5.41) is 5.13. The molecule has 2 N–H and O–H groups in total. The van der Waals surface area contributed by atoms with Crippen molar-refractivity contribution in [1.82, 2.24) is 10.3 Å². The maximum atomic E-state index is 3.79. The topological polar surface area (TPSA) is 31.1 Å². The predicted octanol–water partition coefficient (Wildman–Crippen LogP) is 3.16. The minimum Gasteiger partial charge on any atom is -0.358 e. The Bertz CT molecular complexity index is 673. The highest BCUT2D eigenvalue weighted by atomic mass is 15.2. The summed E-state index contributed by atoms with van der Waals surface area (Å²) in [4.78, 5) is 6.35. The van der Waals surface area contributed by atoms with Gasteiger partial charge in [-0.15, -0.1) is 0 Å². The van der Waals surface area contributed by atoms with E-state index in [2.05, 4.69) is 33.4 Å². The van der Waals surface area contributed by atoms with Crippen LogP contribution in [0.4, 0.5) is 5.82 Å². The molecule has 0 radical (unpaired) electrons. The van der Waals surface area contributed by atoms with Crippen molar-refractivity contribution in [3.05, 3.63) is 29.3 Å². The SMILES string of the molecule is c1cc(CC2CCCN2)c2[nH]c3c(c2c1)C1CCN3CC1. The molecule has 0 spiro atoms. The predicted molar refractivity (Wildman–Crippen MR) is 87.2 cm³/mol. The molecule has 2 saturated heterocycles. The maximum Gasteiger partial charge on any atom is 0.110 e. The third-order valence-corrected chi connectivity index (χ3v) is 5.79. The van der Waals surface area contributed by atoms with Crippen LogP contribution in [0, 0.1) is 0 Å². The van der Waals surface area contributed by atoms with Crippen molar-refractivity contribution in [2.24, 2.45) is 0 Å². The molecule has 21 heavy (non-hydrogen) atoms. The van der Waals surface area contributed by atoms with Crippen LogP contribution >= 0.6 is 0 Å². The van der Waals surface area contributed by atoms with Gasteiger partial charge >= 0.3 is 0 Å². The number of hydrogen-bond donors (Lipinski definition) is 2. The minimum atomic E-state index is 0.674. The van der Waals surface area contributed by atoms with E-state index in [0.717, 1.165) is 5.92 Å². The van der Waals surface area contributed by atoms with Crippen molar-refractivity contribution in [3.63, 3.8) is 0 Å². The molecular formula is C18H23N3.